The van der Waals surface area contributed by atoms with E-state index in [1.54, 1.807) is 0 Å². The van der Waals surface area contributed by atoms with E-state index in [-0.39, 0.29) is 11.8 Å². The lowest BCUT2D eigenvalue weighted by molar-refractivity contribution is -0.135. The number of hydrogen-bond acceptors (Lipinski definition) is 3. The summed E-state index contributed by atoms with van der Waals surface area (Å²) in [5.41, 5.74) is 5.87. The molecule has 1 heterocycles. The van der Waals surface area contributed by atoms with Crippen LogP contribution in [0.2, 0.25) is 0 Å². The van der Waals surface area contributed by atoms with Gasteiger partial charge in [-0.15, -0.1) is 0 Å². The van der Waals surface area contributed by atoms with Gasteiger partial charge in [0.1, 0.15) is 11.5 Å². The molecule has 1 aromatic heterocycles. The Balaban J connectivity index is 1.79. The van der Waals surface area contributed by atoms with Crippen LogP contribution in [0, 0.1) is 12.8 Å². The van der Waals surface area contributed by atoms with Crippen molar-refractivity contribution in [2.24, 2.45) is 11.7 Å². The van der Waals surface area contributed by atoms with Crippen molar-refractivity contribution in [3.63, 3.8) is 0 Å². The molecular weight excluding hydrogens is 240 g/mol. The minimum absolute atomic E-state index is 0.170. The van der Waals surface area contributed by atoms with Gasteiger partial charge >= 0.3 is 0 Å². The third kappa shape index (κ3) is 3.83. The van der Waals surface area contributed by atoms with E-state index in [0.29, 0.717) is 12.6 Å². The summed E-state index contributed by atoms with van der Waals surface area (Å²) in [5, 5.41) is 0. The van der Waals surface area contributed by atoms with Crippen molar-refractivity contribution in [1.29, 1.82) is 0 Å². The number of carbonyl (C=O) groups excluding carboxylic acids is 1. The summed E-state index contributed by atoms with van der Waals surface area (Å²) in [5.74, 6) is 2.30. The summed E-state index contributed by atoms with van der Waals surface area (Å²) in [6.45, 7) is 2.65. The maximum absolute atomic E-state index is 12.3. The van der Waals surface area contributed by atoms with Crippen LogP contribution in [0.15, 0.2) is 16.5 Å². The van der Waals surface area contributed by atoms with Crippen molar-refractivity contribution >= 4 is 5.91 Å². The third-order valence-electron chi connectivity index (χ3n) is 3.99. The molecule has 1 fully saturated rings. The normalized spacial score (nSPS) is 23.3. The summed E-state index contributed by atoms with van der Waals surface area (Å²) in [6, 6.07) is 4.23. The van der Waals surface area contributed by atoms with Crippen LogP contribution in [-0.4, -0.2) is 30.4 Å². The zero-order valence-corrected chi connectivity index (χ0v) is 11.9. The Morgan fingerprint density at radius 2 is 2.05 bits per heavy atom. The van der Waals surface area contributed by atoms with E-state index in [9.17, 15) is 4.79 Å². The number of nitrogens with zero attached hydrogens (tertiary/aromatic N) is 1. The largest absolute Gasteiger partial charge is 0.466 e. The average Bonchev–Trinajstić information content (AvgIpc) is 2.82. The van der Waals surface area contributed by atoms with Crippen LogP contribution in [-0.2, 0) is 11.2 Å². The van der Waals surface area contributed by atoms with E-state index in [0.717, 1.165) is 43.6 Å². The van der Waals surface area contributed by atoms with Crippen LogP contribution >= 0.6 is 0 Å². The van der Waals surface area contributed by atoms with Crippen molar-refractivity contribution in [2.45, 2.75) is 45.1 Å². The van der Waals surface area contributed by atoms with Gasteiger partial charge in [-0.1, -0.05) is 0 Å². The fourth-order valence-corrected chi connectivity index (χ4v) is 2.69. The molecule has 19 heavy (non-hydrogen) atoms. The molecule has 2 N–H and O–H groups in total. The second-order valence-electron chi connectivity index (χ2n) is 5.63. The van der Waals surface area contributed by atoms with Crippen molar-refractivity contribution in [1.82, 2.24) is 4.90 Å². The molecule has 1 amide bonds. The van der Waals surface area contributed by atoms with Crippen molar-refractivity contribution < 1.29 is 9.21 Å². The lowest BCUT2D eigenvalue weighted by Crippen LogP contribution is -2.38. The Morgan fingerprint density at radius 1 is 1.37 bits per heavy atom. The number of aryl methyl sites for hydroxylation is 1. The summed E-state index contributed by atoms with van der Waals surface area (Å²) < 4.78 is 5.52. The molecule has 0 spiro atoms. The molecule has 1 aromatic rings. The minimum Gasteiger partial charge on any atom is -0.466 e. The van der Waals surface area contributed by atoms with Gasteiger partial charge < -0.3 is 15.1 Å². The quantitative estimate of drug-likeness (QED) is 0.906. The third-order valence-corrected chi connectivity index (χ3v) is 3.99. The predicted octanol–water partition coefficient (Wildman–Crippen LogP) is 2.11. The fourth-order valence-electron chi connectivity index (χ4n) is 2.69. The van der Waals surface area contributed by atoms with Gasteiger partial charge in [-0.05, 0) is 44.7 Å². The number of furan rings is 1. The molecule has 4 nitrogen and oxygen atoms in total. The molecule has 106 valence electrons. The summed E-state index contributed by atoms with van der Waals surface area (Å²) in [7, 11) is 1.88. The lowest BCUT2D eigenvalue weighted by Gasteiger charge is -2.28. The molecule has 1 aliphatic carbocycles. The van der Waals surface area contributed by atoms with Gasteiger partial charge in [0.15, 0.2) is 0 Å². The van der Waals surface area contributed by atoms with Crippen LogP contribution in [0.1, 0.15) is 37.2 Å². The number of nitrogens with two attached hydrogens (primary N) is 1. The number of rotatable bonds is 4. The first-order chi connectivity index (χ1) is 9.06. The van der Waals surface area contributed by atoms with Gasteiger partial charge in [0.05, 0.1) is 0 Å². The topological polar surface area (TPSA) is 59.5 Å². The van der Waals surface area contributed by atoms with Gasteiger partial charge in [-0.2, -0.15) is 0 Å². The summed E-state index contributed by atoms with van der Waals surface area (Å²) >= 11 is 0. The van der Waals surface area contributed by atoms with Crippen LogP contribution < -0.4 is 5.73 Å². The van der Waals surface area contributed by atoms with Gasteiger partial charge in [-0.3, -0.25) is 4.79 Å². The van der Waals surface area contributed by atoms with Crippen molar-refractivity contribution in [3.05, 3.63) is 23.7 Å². The Hall–Kier alpha value is -1.29. The smallest absolute Gasteiger partial charge is 0.225 e. The first-order valence-corrected chi connectivity index (χ1v) is 7.12. The zero-order valence-electron chi connectivity index (χ0n) is 11.9. The standard InChI is InChI=1S/C15H24N2O2/c1-11-3-8-14(19-11)9-10-17(2)15(18)12-4-6-13(16)7-5-12/h3,8,12-13H,4-7,9-10,16H2,1-2H3. The Kier molecular flexibility index (Phi) is 4.64. The maximum Gasteiger partial charge on any atom is 0.225 e. The van der Waals surface area contributed by atoms with Crippen LogP contribution in [0.25, 0.3) is 0 Å². The SMILES string of the molecule is Cc1ccc(CCN(C)C(=O)C2CCC(N)CC2)o1. The van der Waals surface area contributed by atoms with Crippen LogP contribution in [0.5, 0.6) is 0 Å². The van der Waals surface area contributed by atoms with E-state index in [4.69, 9.17) is 10.2 Å². The van der Waals surface area contributed by atoms with Crippen molar-refractivity contribution in [2.75, 3.05) is 13.6 Å². The highest BCUT2D eigenvalue weighted by Crippen LogP contribution is 2.24. The number of hydrogen-bond donors (Lipinski definition) is 1. The van der Waals surface area contributed by atoms with E-state index in [2.05, 4.69) is 0 Å². The number of likely N-dealkylation sites (N-methyl/N-ethyl adjacent to an activating group) is 1. The van der Waals surface area contributed by atoms with E-state index in [1.807, 2.05) is 31.0 Å². The molecule has 0 saturated heterocycles. The molecular formula is C15H24N2O2. The Labute approximate surface area is 114 Å². The summed E-state index contributed by atoms with van der Waals surface area (Å²) in [4.78, 5) is 14.1. The van der Waals surface area contributed by atoms with E-state index in [1.165, 1.54) is 0 Å². The fraction of sp³-hybridized carbons (Fsp3) is 0.667. The highest BCUT2D eigenvalue weighted by atomic mass is 16.3. The molecule has 0 radical (unpaired) electrons. The second-order valence-corrected chi connectivity index (χ2v) is 5.63. The van der Waals surface area contributed by atoms with Gasteiger partial charge in [0.25, 0.3) is 0 Å². The minimum atomic E-state index is 0.170. The monoisotopic (exact) mass is 264 g/mol. The molecule has 2 rings (SSSR count). The molecule has 0 bridgehead atoms. The van der Waals surface area contributed by atoms with Gasteiger partial charge in [0.2, 0.25) is 5.91 Å². The highest BCUT2D eigenvalue weighted by molar-refractivity contribution is 5.78. The van der Waals surface area contributed by atoms with Gasteiger partial charge in [-0.25, -0.2) is 0 Å². The molecule has 0 atom stereocenters. The number of amides is 1. The van der Waals surface area contributed by atoms with E-state index < -0.39 is 0 Å². The van der Waals surface area contributed by atoms with Crippen LogP contribution in [0.4, 0.5) is 0 Å². The molecule has 1 saturated carbocycles. The van der Waals surface area contributed by atoms with Gasteiger partial charge in [0, 0.05) is 32.0 Å². The number of carbonyl (C=O) groups is 1. The lowest BCUT2D eigenvalue weighted by atomic mass is 9.85. The molecule has 0 aliphatic heterocycles. The Bertz CT molecular complexity index is 420. The maximum atomic E-state index is 12.3. The highest BCUT2D eigenvalue weighted by Gasteiger charge is 2.26. The molecule has 1 aliphatic rings. The first-order valence-electron chi connectivity index (χ1n) is 7.12. The molecule has 4 heteroatoms. The molecule has 0 aromatic carbocycles. The predicted molar refractivity (Wildman–Crippen MR) is 74.7 cm³/mol. The van der Waals surface area contributed by atoms with Crippen LogP contribution in [0.3, 0.4) is 0 Å². The first kappa shape index (κ1) is 14.1. The van der Waals surface area contributed by atoms with E-state index >= 15 is 0 Å². The Morgan fingerprint density at radius 3 is 2.63 bits per heavy atom. The zero-order chi connectivity index (χ0) is 13.8. The van der Waals surface area contributed by atoms with Crippen molar-refractivity contribution in [3.8, 4) is 0 Å². The second kappa shape index (κ2) is 6.24. The molecule has 0 unspecified atom stereocenters. The summed E-state index contributed by atoms with van der Waals surface area (Å²) in [6.07, 6.45) is 4.60. The average molecular weight is 264 g/mol.